The van der Waals surface area contributed by atoms with E-state index in [-0.39, 0.29) is 37.1 Å². The van der Waals surface area contributed by atoms with E-state index in [1.54, 1.807) is 12.1 Å². The number of nitrogen functional groups attached to an aromatic ring is 1. The van der Waals surface area contributed by atoms with E-state index in [2.05, 4.69) is 35.6 Å². The Morgan fingerprint density at radius 2 is 1.01 bits per heavy atom. The Hall–Kier alpha value is -4.74. The van der Waals surface area contributed by atoms with Gasteiger partial charge < -0.3 is 157 Å². The molecule has 92 heavy (non-hydrogen) atoms. The summed E-state index contributed by atoms with van der Waals surface area (Å²) in [5, 5.41) is 139. The number of para-hydroxylation sites is 1. The molecule has 4 aliphatic rings. The molecule has 41 nitrogen and oxygen atoms in total. The normalized spacial score (nSPS) is 33.6. The first-order valence-electron chi connectivity index (χ1n) is 28.2. The molecule has 0 saturated carbocycles. The predicted molar refractivity (Wildman–Crippen MR) is 296 cm³/mol. The number of aliphatic hydroxyl groups is 12. The molecule has 4 fully saturated rings. The van der Waals surface area contributed by atoms with Crippen molar-refractivity contribution in [2.45, 2.75) is 193 Å². The van der Waals surface area contributed by atoms with Crippen molar-refractivity contribution >= 4 is 56.8 Å². The van der Waals surface area contributed by atoms with Crippen molar-refractivity contribution < 1.29 is 166 Å². The maximum Gasteiger partial charge on any atom is 0.469 e. The summed E-state index contributed by atoms with van der Waals surface area (Å²) >= 11 is 0. The van der Waals surface area contributed by atoms with E-state index in [4.69, 9.17) is 59.1 Å². The molecule has 43 heteroatoms. The lowest BCUT2D eigenvalue weighted by Crippen LogP contribution is -2.65. The van der Waals surface area contributed by atoms with Crippen molar-refractivity contribution in [3.63, 3.8) is 0 Å². The van der Waals surface area contributed by atoms with Crippen molar-refractivity contribution in [1.29, 1.82) is 0 Å². The summed E-state index contributed by atoms with van der Waals surface area (Å²) in [6, 6.07) is 0.704. The fourth-order valence-electron chi connectivity index (χ4n) is 9.74. The predicted octanol–water partition coefficient (Wildman–Crippen LogP) is -11.5. The summed E-state index contributed by atoms with van der Waals surface area (Å²) < 4.78 is 76.6. The molecule has 1 aromatic rings. The third-order valence-electron chi connectivity index (χ3n) is 14.7. The highest BCUT2D eigenvalue weighted by Gasteiger charge is 2.54. The number of nitrogens with two attached hydrogens (primary N) is 2. The van der Waals surface area contributed by atoms with Crippen LogP contribution in [0.25, 0.3) is 0 Å². The molecule has 0 aliphatic carbocycles. The zero-order valence-electron chi connectivity index (χ0n) is 49.2. The monoisotopic (exact) mass is 1370 g/mol. The number of nitrogens with one attached hydrogen (secondary N) is 5. The molecule has 526 valence electrons. The Bertz CT molecular complexity index is 2710. The smallest absolute Gasteiger partial charge is 0.398 e. The minimum atomic E-state index is -5.21. The topological polar surface area (TPSA) is 665 Å². The van der Waals surface area contributed by atoms with Gasteiger partial charge in [0, 0.05) is 19.2 Å². The molecule has 4 heterocycles. The summed E-state index contributed by atoms with van der Waals surface area (Å²) in [5.41, 5.74) is 11.9. The van der Waals surface area contributed by atoms with Crippen LogP contribution in [0.2, 0.25) is 0 Å². The second-order valence-electron chi connectivity index (χ2n) is 21.6. The minimum absolute atomic E-state index is 0.0173. The third kappa shape index (κ3) is 21.6. The van der Waals surface area contributed by atoms with Crippen molar-refractivity contribution in [3.05, 3.63) is 29.8 Å². The van der Waals surface area contributed by atoms with E-state index >= 15 is 0 Å². The van der Waals surface area contributed by atoms with Gasteiger partial charge in [0.15, 0.2) is 25.2 Å². The molecule has 4 saturated heterocycles. The Morgan fingerprint density at radius 1 is 0.565 bits per heavy atom. The summed E-state index contributed by atoms with van der Waals surface area (Å²) in [6.07, 6.45) is -43.9. The van der Waals surface area contributed by atoms with Crippen LogP contribution in [0.5, 0.6) is 0 Å². The van der Waals surface area contributed by atoms with E-state index < -0.39 is 237 Å². The number of unbranched alkanes of at least 4 members (excludes halogenated alkanes) is 1. The Morgan fingerprint density at radius 3 is 1.45 bits per heavy atom. The van der Waals surface area contributed by atoms with Gasteiger partial charge in [0.25, 0.3) is 5.91 Å². The highest BCUT2D eigenvalue weighted by Crippen LogP contribution is 2.39. The quantitative estimate of drug-likeness (QED) is 0.0181. The number of carbonyl (C=O) groups is 6. The first kappa shape index (κ1) is 78.0. The molecule has 25 atom stereocenters. The summed E-state index contributed by atoms with van der Waals surface area (Å²) in [5.74, 6) is -6.26. The van der Waals surface area contributed by atoms with Crippen molar-refractivity contribution in [1.82, 2.24) is 26.6 Å². The fourth-order valence-corrected chi connectivity index (χ4v) is 10.4. The van der Waals surface area contributed by atoms with Gasteiger partial charge >= 0.3 is 15.6 Å². The highest BCUT2D eigenvalue weighted by atomic mass is 31.2. The first-order valence-corrected chi connectivity index (χ1v) is 31.3. The Kier molecular flexibility index (Phi) is 29.5. The maximum absolute atomic E-state index is 14.4. The van der Waals surface area contributed by atoms with Gasteiger partial charge in [-0.05, 0) is 45.2 Å². The number of aliphatic hydroxyl groups excluding tert-OH is 12. The molecule has 0 unspecified atom stereocenters. The van der Waals surface area contributed by atoms with Gasteiger partial charge in [-0.2, -0.15) is 0 Å². The number of amides is 6. The van der Waals surface area contributed by atoms with Gasteiger partial charge in [-0.25, -0.2) is 9.13 Å². The Balaban J connectivity index is 1.33. The number of rotatable bonds is 32. The van der Waals surface area contributed by atoms with Crippen molar-refractivity contribution in [2.24, 2.45) is 5.73 Å². The average Bonchev–Trinajstić information content (AvgIpc) is 0.795. The van der Waals surface area contributed by atoms with Crippen LogP contribution in [0.4, 0.5) is 5.69 Å². The number of hydrogen-bond donors (Lipinski definition) is 23. The maximum atomic E-state index is 14.4. The zero-order chi connectivity index (χ0) is 68.9. The van der Waals surface area contributed by atoms with Gasteiger partial charge in [-0.15, -0.1) is 0 Å². The van der Waals surface area contributed by atoms with Gasteiger partial charge in [-0.1, -0.05) is 12.1 Å². The van der Waals surface area contributed by atoms with Crippen LogP contribution in [-0.4, -0.2) is 309 Å². The molecule has 6 amide bonds. The molecule has 4 aliphatic heterocycles. The van der Waals surface area contributed by atoms with Crippen LogP contribution in [0.15, 0.2) is 24.3 Å². The molecular formula is C49H81N7O34P2. The molecule has 5 rings (SSSR count). The minimum Gasteiger partial charge on any atom is -0.398 e. The van der Waals surface area contributed by atoms with Crippen LogP contribution < -0.4 is 38.1 Å². The van der Waals surface area contributed by atoms with Crippen molar-refractivity contribution in [2.75, 3.05) is 45.3 Å². The van der Waals surface area contributed by atoms with Gasteiger partial charge in [0.05, 0.1) is 50.7 Å². The standard InChI is InChI=1S/C49H81N7O34P2/c1-17(83-48-40(36(67)30(61)23(13-57)85-48)89-46-38(69)34(65)32(63)25(87-46)15-81-91(75,76)77)28(42(51)71)56-27(60)12-53-44(73)22(10-6-7-11-52-43(72)20-8-4-5-9-21(20)50)55-45(74)29(54-19(3)59)18(2)84-49-41(37(68)31(62)24(14-58)86-49)90-47-39(70)35(66)33(64)26(88-47)16-82-92(78,79)80/h4-5,8-9,17-18,22-26,28-41,46-49,57-58,61-70H,6-7,10-16,50H2,1-3H3,(H2,51,71)(H,52,72)(H,53,73)(H,54,59)(H,55,74)(H,56,60)(H2,75,76,77)(H2,78,79,80)/t17-,18-,22+,23-,24-,25-,26-,28+,29+,30-,31-,32-,33-,34+,35+,36+,37+,38+,39+,40+,41+,46-,47-,48+,49+/m1/s1. The molecule has 0 aromatic heterocycles. The van der Waals surface area contributed by atoms with E-state index in [1.807, 2.05) is 0 Å². The van der Waals surface area contributed by atoms with E-state index in [9.17, 15) is 109 Å². The largest absolute Gasteiger partial charge is 0.469 e. The number of ether oxygens (including phenoxy) is 8. The third-order valence-corrected chi connectivity index (χ3v) is 15.7. The molecule has 0 bridgehead atoms. The average molecular weight is 1370 g/mol. The summed E-state index contributed by atoms with van der Waals surface area (Å²) in [4.78, 5) is 117. The van der Waals surface area contributed by atoms with Crippen LogP contribution >= 0.6 is 15.6 Å². The number of hydrogen-bond acceptors (Lipinski definition) is 31. The van der Waals surface area contributed by atoms with E-state index in [1.165, 1.54) is 12.1 Å². The van der Waals surface area contributed by atoms with E-state index in [0.29, 0.717) is 0 Å². The summed E-state index contributed by atoms with van der Waals surface area (Å²) in [6.45, 7) is -1.97. The number of primary amides is 1. The van der Waals surface area contributed by atoms with Crippen LogP contribution in [0.1, 0.15) is 50.4 Å². The van der Waals surface area contributed by atoms with Crippen LogP contribution in [0.3, 0.4) is 0 Å². The van der Waals surface area contributed by atoms with Crippen LogP contribution in [-0.2, 0) is 80.0 Å². The molecule has 1 aromatic carbocycles. The SMILES string of the molecule is CC(=O)N[C@H](C(=O)N[C@@H](CCCCNC(=O)c1ccccc1N)C(=O)NCC(=O)N[C@H](C(N)=O)[C@@H](C)O[C@H]1O[C@H](CO)[C@@H](O)[C@H](O)[C@@H]1O[C@H]1O[C@H](COP(=O)(O)O)[C@@H](O)[C@H](O)[C@@H]1O)[C@@H](C)O[C@H]1O[C@H](CO)[C@@H](O)[C@H](O)[C@@H]1O[C@H]1O[C@H](COP(=O)(O)O)[C@@H](O)[C@H](O)[C@@H]1O. The summed E-state index contributed by atoms with van der Waals surface area (Å²) in [7, 11) is -10.4. The highest BCUT2D eigenvalue weighted by molar-refractivity contribution is 7.46. The number of benzene rings is 1. The van der Waals surface area contributed by atoms with Crippen LogP contribution in [0, 0.1) is 0 Å². The fraction of sp³-hybridized carbons (Fsp3) is 0.755. The number of phosphoric ester groups is 2. The van der Waals surface area contributed by atoms with Gasteiger partial charge in [0.2, 0.25) is 29.5 Å². The van der Waals surface area contributed by atoms with Gasteiger partial charge in [0.1, 0.15) is 116 Å². The molecule has 0 radical (unpaired) electrons. The first-order chi connectivity index (χ1) is 43.0. The Labute approximate surface area is 521 Å². The van der Waals surface area contributed by atoms with Crippen molar-refractivity contribution in [3.8, 4) is 0 Å². The zero-order valence-corrected chi connectivity index (χ0v) is 50.9. The van der Waals surface area contributed by atoms with Gasteiger partial charge in [-0.3, -0.25) is 37.8 Å². The lowest BCUT2D eigenvalue weighted by molar-refractivity contribution is -0.371. The second-order valence-corrected chi connectivity index (χ2v) is 24.1. The number of phosphoric acid groups is 2. The molecular weight excluding hydrogens is 1290 g/mol. The van der Waals surface area contributed by atoms with E-state index in [0.717, 1.165) is 20.8 Å². The molecule has 0 spiro atoms. The second kappa shape index (κ2) is 34.8. The lowest BCUT2D eigenvalue weighted by atomic mass is 9.97. The molecule has 25 N–H and O–H groups in total. The number of carbonyl (C=O) groups excluding carboxylic acids is 6. The lowest BCUT2D eigenvalue weighted by Gasteiger charge is -2.46. The number of anilines is 1.